The maximum Gasteiger partial charge on any atom is 0.242 e. The first-order valence-corrected chi connectivity index (χ1v) is 8.96. The highest BCUT2D eigenvalue weighted by Crippen LogP contribution is 2.29. The molecule has 1 aromatic carbocycles. The summed E-state index contributed by atoms with van der Waals surface area (Å²) in [6.07, 6.45) is 0. The second-order valence-corrected chi connectivity index (χ2v) is 8.55. The fourth-order valence-corrected chi connectivity index (χ4v) is 3.88. The summed E-state index contributed by atoms with van der Waals surface area (Å²) < 4.78 is 32.5. The van der Waals surface area contributed by atoms with Crippen molar-refractivity contribution in [1.29, 1.82) is 0 Å². The van der Waals surface area contributed by atoms with Crippen LogP contribution in [0, 0.1) is 5.41 Å². The molecule has 120 valence electrons. The maximum absolute atomic E-state index is 12.6. The van der Waals surface area contributed by atoms with Crippen LogP contribution in [0.5, 0.6) is 5.75 Å². The molecule has 0 unspecified atom stereocenters. The number of nitrogens with zero attached hydrogens (tertiary/aromatic N) is 1. The predicted octanol–water partition coefficient (Wildman–Crippen LogP) is 2.45. The van der Waals surface area contributed by atoms with E-state index in [2.05, 4.69) is 15.9 Å². The van der Waals surface area contributed by atoms with Crippen LogP contribution in [0.3, 0.4) is 0 Å². The van der Waals surface area contributed by atoms with E-state index < -0.39 is 10.0 Å². The number of ether oxygens (including phenoxy) is 1. The normalized spacial score (nSPS) is 12.7. The van der Waals surface area contributed by atoms with Gasteiger partial charge in [0.2, 0.25) is 10.0 Å². The van der Waals surface area contributed by atoms with Crippen molar-refractivity contribution in [3.8, 4) is 5.75 Å². The van der Waals surface area contributed by atoms with Crippen LogP contribution in [0.15, 0.2) is 27.6 Å². The molecule has 0 saturated carbocycles. The van der Waals surface area contributed by atoms with Gasteiger partial charge in [-0.05, 0) is 53.0 Å². The molecule has 5 nitrogen and oxygen atoms in total. The van der Waals surface area contributed by atoms with Crippen LogP contribution >= 0.6 is 15.9 Å². The van der Waals surface area contributed by atoms with E-state index in [0.717, 1.165) is 0 Å². The van der Waals surface area contributed by atoms with Crippen molar-refractivity contribution in [2.75, 3.05) is 26.7 Å². The van der Waals surface area contributed by atoms with Crippen molar-refractivity contribution in [2.45, 2.75) is 25.7 Å². The number of benzene rings is 1. The minimum absolute atomic E-state index is 0.230. The Hall–Kier alpha value is -0.630. The summed E-state index contributed by atoms with van der Waals surface area (Å²) in [5.74, 6) is 0.626. The third kappa shape index (κ3) is 4.67. The number of hydrogen-bond donors (Lipinski definition) is 1. The van der Waals surface area contributed by atoms with Crippen molar-refractivity contribution >= 4 is 26.0 Å². The first-order chi connectivity index (χ1) is 9.64. The molecule has 0 aliphatic rings. The molecule has 0 radical (unpaired) electrons. The molecular weight excluding hydrogens is 356 g/mol. The van der Waals surface area contributed by atoms with Gasteiger partial charge in [-0.25, -0.2) is 12.7 Å². The van der Waals surface area contributed by atoms with Crippen molar-refractivity contribution in [2.24, 2.45) is 11.1 Å². The lowest BCUT2D eigenvalue weighted by molar-refractivity contribution is 0.292. The van der Waals surface area contributed by atoms with Gasteiger partial charge in [0.1, 0.15) is 5.75 Å². The quantitative estimate of drug-likeness (QED) is 0.790. The number of nitrogens with two attached hydrogens (primary N) is 1. The molecule has 2 N–H and O–H groups in total. The zero-order valence-corrected chi connectivity index (χ0v) is 15.3. The summed E-state index contributed by atoms with van der Waals surface area (Å²) in [5.41, 5.74) is 5.39. The minimum Gasteiger partial charge on any atom is -0.493 e. The molecule has 0 bridgehead atoms. The van der Waals surface area contributed by atoms with Crippen molar-refractivity contribution in [3.63, 3.8) is 0 Å². The fourth-order valence-electron chi connectivity index (χ4n) is 1.85. The third-order valence-electron chi connectivity index (χ3n) is 3.11. The van der Waals surface area contributed by atoms with Gasteiger partial charge in [0.15, 0.2) is 0 Å². The van der Waals surface area contributed by atoms with Crippen LogP contribution in [0.25, 0.3) is 0 Å². The first kappa shape index (κ1) is 18.4. The Kier molecular flexibility index (Phi) is 6.22. The highest BCUT2D eigenvalue weighted by Gasteiger charge is 2.27. The van der Waals surface area contributed by atoms with E-state index in [1.807, 2.05) is 20.8 Å². The summed E-state index contributed by atoms with van der Waals surface area (Å²) in [6, 6.07) is 4.77. The predicted molar refractivity (Wildman–Crippen MR) is 88.0 cm³/mol. The van der Waals surface area contributed by atoms with Gasteiger partial charge in [-0.1, -0.05) is 13.8 Å². The zero-order valence-electron chi connectivity index (χ0n) is 12.9. The molecule has 0 amide bonds. The lowest BCUT2D eigenvalue weighted by Gasteiger charge is -2.28. The highest BCUT2D eigenvalue weighted by atomic mass is 79.9. The van der Waals surface area contributed by atoms with Crippen LogP contribution in [-0.4, -0.2) is 39.5 Å². The van der Waals surface area contributed by atoms with Gasteiger partial charge in [-0.3, -0.25) is 0 Å². The van der Waals surface area contributed by atoms with Gasteiger partial charge in [-0.15, -0.1) is 0 Å². The average molecular weight is 379 g/mol. The highest BCUT2D eigenvalue weighted by molar-refractivity contribution is 9.10. The minimum atomic E-state index is -3.54. The number of rotatable bonds is 7. The Morgan fingerprint density at radius 1 is 1.38 bits per heavy atom. The van der Waals surface area contributed by atoms with Gasteiger partial charge >= 0.3 is 0 Å². The number of hydrogen-bond acceptors (Lipinski definition) is 4. The van der Waals surface area contributed by atoms with E-state index in [1.165, 1.54) is 4.31 Å². The molecule has 7 heteroatoms. The second kappa shape index (κ2) is 7.09. The van der Waals surface area contributed by atoms with E-state index in [9.17, 15) is 8.42 Å². The zero-order chi connectivity index (χ0) is 16.3. The summed E-state index contributed by atoms with van der Waals surface area (Å²) in [6.45, 7) is 7.05. The van der Waals surface area contributed by atoms with E-state index in [4.69, 9.17) is 10.5 Å². The van der Waals surface area contributed by atoms with Gasteiger partial charge in [0.05, 0.1) is 16.0 Å². The van der Waals surface area contributed by atoms with Crippen LogP contribution < -0.4 is 10.5 Å². The summed E-state index contributed by atoms with van der Waals surface area (Å²) in [4.78, 5) is 0.230. The molecule has 21 heavy (non-hydrogen) atoms. The van der Waals surface area contributed by atoms with Gasteiger partial charge < -0.3 is 10.5 Å². The molecule has 1 aromatic rings. The maximum atomic E-state index is 12.6. The van der Waals surface area contributed by atoms with Crippen molar-refractivity contribution in [1.82, 2.24) is 4.31 Å². The SMILES string of the molecule is CCOc1ccc(S(=O)(=O)N(C)CC(C)(C)CN)cc1Br. The molecule has 0 heterocycles. The molecular formula is C14H23BrN2O3S. The Balaban J connectivity index is 3.05. The Morgan fingerprint density at radius 2 is 2.00 bits per heavy atom. The van der Waals surface area contributed by atoms with Gasteiger partial charge in [0.25, 0.3) is 0 Å². The number of halogens is 1. The second-order valence-electron chi connectivity index (χ2n) is 5.65. The van der Waals surface area contributed by atoms with E-state index in [0.29, 0.717) is 29.9 Å². The van der Waals surface area contributed by atoms with Crippen molar-refractivity contribution in [3.05, 3.63) is 22.7 Å². The Morgan fingerprint density at radius 3 is 2.48 bits per heavy atom. The smallest absolute Gasteiger partial charge is 0.242 e. The van der Waals surface area contributed by atoms with Gasteiger partial charge in [0, 0.05) is 13.6 Å². The lowest BCUT2D eigenvalue weighted by atomic mass is 9.94. The summed E-state index contributed by atoms with van der Waals surface area (Å²) >= 11 is 3.34. The number of sulfonamides is 1. The van der Waals surface area contributed by atoms with E-state index in [1.54, 1.807) is 25.2 Å². The third-order valence-corrected chi connectivity index (χ3v) is 5.53. The summed E-state index contributed by atoms with van der Waals surface area (Å²) in [5, 5.41) is 0. The standard InChI is InChI=1S/C14H23BrN2O3S/c1-5-20-13-7-6-11(8-12(13)15)21(18,19)17(4)10-14(2,3)9-16/h6-8H,5,9-10,16H2,1-4H3. The molecule has 0 atom stereocenters. The lowest BCUT2D eigenvalue weighted by Crippen LogP contribution is -2.39. The first-order valence-electron chi connectivity index (χ1n) is 6.73. The Bertz CT molecular complexity index is 588. The van der Waals surface area contributed by atoms with Crippen LogP contribution in [0.2, 0.25) is 0 Å². The molecule has 0 spiro atoms. The molecule has 0 fully saturated rings. The monoisotopic (exact) mass is 378 g/mol. The van der Waals surface area contributed by atoms with Crippen LogP contribution in [0.4, 0.5) is 0 Å². The molecule has 0 saturated heterocycles. The molecule has 0 aromatic heterocycles. The largest absolute Gasteiger partial charge is 0.493 e. The summed E-state index contributed by atoms with van der Waals surface area (Å²) in [7, 11) is -1.98. The Labute approximate surface area is 135 Å². The molecule has 1 rings (SSSR count). The molecule has 0 aliphatic carbocycles. The van der Waals surface area contributed by atoms with Crippen LogP contribution in [-0.2, 0) is 10.0 Å². The van der Waals surface area contributed by atoms with Crippen LogP contribution in [0.1, 0.15) is 20.8 Å². The van der Waals surface area contributed by atoms with E-state index >= 15 is 0 Å². The fraction of sp³-hybridized carbons (Fsp3) is 0.571. The molecule has 0 aliphatic heterocycles. The van der Waals surface area contributed by atoms with E-state index in [-0.39, 0.29) is 10.3 Å². The van der Waals surface area contributed by atoms with Crippen molar-refractivity contribution < 1.29 is 13.2 Å². The topological polar surface area (TPSA) is 72.6 Å². The van der Waals surface area contributed by atoms with Gasteiger partial charge in [-0.2, -0.15) is 0 Å². The average Bonchev–Trinajstić information content (AvgIpc) is 2.40.